The SMILES string of the molecule is CC(=O)O.CN1CCN(Cc2cc(-c3ccc4[nH]ncc4c3)ccc2F)C(c2cccs2)C1. The summed E-state index contributed by atoms with van der Waals surface area (Å²) in [6, 6.07) is 16.2. The van der Waals surface area contributed by atoms with Crippen LogP contribution < -0.4 is 0 Å². The Morgan fingerprint density at radius 2 is 1.97 bits per heavy atom. The van der Waals surface area contributed by atoms with E-state index >= 15 is 0 Å². The molecule has 1 unspecified atom stereocenters. The highest BCUT2D eigenvalue weighted by Crippen LogP contribution is 2.31. The van der Waals surface area contributed by atoms with Gasteiger partial charge in [-0.3, -0.25) is 14.8 Å². The lowest BCUT2D eigenvalue weighted by Gasteiger charge is -2.39. The summed E-state index contributed by atoms with van der Waals surface area (Å²) in [6.45, 7) is 4.60. The van der Waals surface area contributed by atoms with Crippen LogP contribution in [0, 0.1) is 5.82 Å². The number of carboxylic acid groups (broad SMARTS) is 1. The molecule has 0 aliphatic carbocycles. The number of carbonyl (C=O) groups is 1. The normalized spacial score (nSPS) is 17.0. The van der Waals surface area contributed by atoms with Gasteiger partial charge in [-0.2, -0.15) is 5.10 Å². The molecule has 0 saturated carbocycles. The molecule has 4 aromatic rings. The van der Waals surface area contributed by atoms with Gasteiger partial charge in [0.25, 0.3) is 5.97 Å². The first-order valence-corrected chi connectivity index (χ1v) is 11.7. The van der Waals surface area contributed by atoms with Crippen molar-refractivity contribution >= 4 is 28.2 Å². The predicted octanol–water partition coefficient (Wildman–Crippen LogP) is 5.01. The summed E-state index contributed by atoms with van der Waals surface area (Å²) in [6.07, 6.45) is 1.82. The largest absolute Gasteiger partial charge is 0.481 e. The van der Waals surface area contributed by atoms with Crippen molar-refractivity contribution in [3.8, 4) is 11.1 Å². The summed E-state index contributed by atoms with van der Waals surface area (Å²) < 4.78 is 14.7. The van der Waals surface area contributed by atoms with Gasteiger partial charge in [0.15, 0.2) is 0 Å². The summed E-state index contributed by atoms with van der Waals surface area (Å²) in [4.78, 5) is 15.1. The van der Waals surface area contributed by atoms with Crippen molar-refractivity contribution < 1.29 is 14.3 Å². The van der Waals surface area contributed by atoms with E-state index in [0.29, 0.717) is 12.6 Å². The molecule has 1 aliphatic heterocycles. The van der Waals surface area contributed by atoms with Crippen LogP contribution in [0.1, 0.15) is 23.4 Å². The zero-order valence-corrected chi connectivity index (χ0v) is 19.5. The first-order valence-electron chi connectivity index (χ1n) is 10.8. The van der Waals surface area contributed by atoms with E-state index in [-0.39, 0.29) is 5.82 Å². The Bertz CT molecular complexity index is 1220. The van der Waals surface area contributed by atoms with Crippen molar-refractivity contribution in [2.45, 2.75) is 19.5 Å². The number of hydrogen-bond donors (Lipinski definition) is 2. The van der Waals surface area contributed by atoms with E-state index in [1.165, 1.54) is 4.88 Å². The number of fused-ring (bicyclic) bond motifs is 1. The summed E-state index contributed by atoms with van der Waals surface area (Å²) in [5.41, 5.74) is 3.87. The number of aromatic amines is 1. The van der Waals surface area contributed by atoms with Crippen LogP contribution in [0.2, 0.25) is 0 Å². The maximum Gasteiger partial charge on any atom is 0.300 e. The Labute approximate surface area is 196 Å². The van der Waals surface area contributed by atoms with E-state index in [1.807, 2.05) is 24.4 Å². The molecule has 1 atom stereocenters. The molecule has 6 nitrogen and oxygen atoms in total. The number of thiophene rings is 1. The minimum atomic E-state index is -0.833. The lowest BCUT2D eigenvalue weighted by molar-refractivity contribution is -0.134. The second kappa shape index (κ2) is 10.2. The fraction of sp³-hybridized carbons (Fsp3) is 0.280. The van der Waals surface area contributed by atoms with E-state index in [9.17, 15) is 4.39 Å². The Hall–Kier alpha value is -3.07. The number of halogens is 1. The van der Waals surface area contributed by atoms with E-state index < -0.39 is 5.97 Å². The van der Waals surface area contributed by atoms with E-state index in [0.717, 1.165) is 54.2 Å². The number of nitrogens with one attached hydrogen (secondary N) is 1. The fourth-order valence-corrected chi connectivity index (χ4v) is 4.97. The molecule has 0 amide bonds. The van der Waals surface area contributed by atoms with Gasteiger partial charge in [-0.15, -0.1) is 11.3 Å². The van der Waals surface area contributed by atoms with Crippen molar-refractivity contribution in [1.29, 1.82) is 0 Å². The molecule has 2 aromatic carbocycles. The summed E-state index contributed by atoms with van der Waals surface area (Å²) in [5, 5.41) is 17.7. The van der Waals surface area contributed by atoms with Gasteiger partial charge >= 0.3 is 0 Å². The number of aliphatic carboxylic acids is 1. The number of benzene rings is 2. The Morgan fingerprint density at radius 1 is 1.21 bits per heavy atom. The maximum atomic E-state index is 14.7. The van der Waals surface area contributed by atoms with Crippen molar-refractivity contribution in [3.05, 3.63) is 76.4 Å². The number of rotatable bonds is 4. The second-order valence-corrected chi connectivity index (χ2v) is 9.24. The smallest absolute Gasteiger partial charge is 0.300 e. The fourth-order valence-electron chi connectivity index (χ4n) is 4.11. The molecule has 1 aliphatic rings. The lowest BCUT2D eigenvalue weighted by atomic mass is 10.0. The van der Waals surface area contributed by atoms with Gasteiger partial charge in [-0.25, -0.2) is 4.39 Å². The molecule has 172 valence electrons. The molecule has 0 radical (unpaired) electrons. The van der Waals surface area contributed by atoms with Crippen LogP contribution in [-0.4, -0.2) is 57.8 Å². The highest BCUT2D eigenvalue weighted by molar-refractivity contribution is 7.10. The van der Waals surface area contributed by atoms with Gasteiger partial charge in [0.05, 0.1) is 17.8 Å². The van der Waals surface area contributed by atoms with Gasteiger partial charge in [-0.1, -0.05) is 18.2 Å². The number of likely N-dealkylation sites (N-methyl/N-ethyl adjacent to an activating group) is 1. The van der Waals surface area contributed by atoms with E-state index in [4.69, 9.17) is 9.90 Å². The molecule has 1 fully saturated rings. The molecule has 0 bridgehead atoms. The number of hydrogen-bond acceptors (Lipinski definition) is 5. The molecule has 2 aromatic heterocycles. The van der Waals surface area contributed by atoms with Crippen LogP contribution in [0.5, 0.6) is 0 Å². The second-order valence-electron chi connectivity index (χ2n) is 8.26. The standard InChI is InChI=1S/C23H23FN4S.C2H4O2/c1-27-8-9-28(22(15-27)23-3-2-10-29-23)14-19-12-16(4-6-20(19)24)17-5-7-21-18(11-17)13-25-26-21;1-2(3)4/h2-7,10-13,22H,8-9,14-15H2,1H3,(H,25,26);1H3,(H,3,4). The van der Waals surface area contributed by atoms with Gasteiger partial charge in [0.1, 0.15) is 5.82 Å². The average Bonchev–Trinajstić information content (AvgIpc) is 3.47. The van der Waals surface area contributed by atoms with Crippen LogP contribution in [0.15, 0.2) is 60.1 Å². The highest BCUT2D eigenvalue weighted by Gasteiger charge is 2.28. The third kappa shape index (κ3) is 5.65. The molecule has 0 spiro atoms. The number of nitrogens with zero attached hydrogens (tertiary/aromatic N) is 3. The van der Waals surface area contributed by atoms with Crippen molar-refractivity contribution in [2.75, 3.05) is 26.7 Å². The van der Waals surface area contributed by atoms with Crippen LogP contribution in [0.25, 0.3) is 22.0 Å². The third-order valence-electron chi connectivity index (χ3n) is 5.76. The maximum absolute atomic E-state index is 14.7. The minimum Gasteiger partial charge on any atom is -0.481 e. The topological polar surface area (TPSA) is 72.5 Å². The number of H-pyrrole nitrogens is 1. The molecule has 3 heterocycles. The Morgan fingerprint density at radius 3 is 2.73 bits per heavy atom. The molecular formula is C25H27FN4O2S. The molecule has 2 N–H and O–H groups in total. The Balaban J connectivity index is 0.000000601. The van der Waals surface area contributed by atoms with Crippen molar-refractivity contribution in [3.63, 3.8) is 0 Å². The van der Waals surface area contributed by atoms with Gasteiger partial charge in [0.2, 0.25) is 0 Å². The lowest BCUT2D eigenvalue weighted by Crippen LogP contribution is -2.46. The molecule has 33 heavy (non-hydrogen) atoms. The molecule has 5 rings (SSSR count). The first kappa shape index (κ1) is 23.1. The quantitative estimate of drug-likeness (QED) is 0.442. The number of piperazine rings is 1. The zero-order chi connectivity index (χ0) is 23.4. The van der Waals surface area contributed by atoms with Crippen molar-refractivity contribution in [2.24, 2.45) is 0 Å². The predicted molar refractivity (Wildman–Crippen MR) is 130 cm³/mol. The van der Waals surface area contributed by atoms with E-state index in [1.54, 1.807) is 17.4 Å². The first-order chi connectivity index (χ1) is 15.9. The summed E-state index contributed by atoms with van der Waals surface area (Å²) in [5.74, 6) is -0.970. The van der Waals surface area contributed by atoms with Gasteiger partial charge in [0, 0.05) is 48.9 Å². The van der Waals surface area contributed by atoms with Crippen LogP contribution in [-0.2, 0) is 11.3 Å². The summed E-state index contributed by atoms with van der Waals surface area (Å²) in [7, 11) is 2.16. The summed E-state index contributed by atoms with van der Waals surface area (Å²) >= 11 is 1.78. The number of carboxylic acids is 1. The average molecular weight is 467 g/mol. The molecule has 8 heteroatoms. The van der Waals surface area contributed by atoms with E-state index in [2.05, 4.69) is 56.7 Å². The van der Waals surface area contributed by atoms with Crippen LogP contribution >= 0.6 is 11.3 Å². The van der Waals surface area contributed by atoms with Gasteiger partial charge < -0.3 is 10.0 Å². The monoisotopic (exact) mass is 466 g/mol. The molecule has 1 saturated heterocycles. The highest BCUT2D eigenvalue weighted by atomic mass is 32.1. The Kier molecular flexibility index (Phi) is 7.17. The minimum absolute atomic E-state index is 0.137. The number of aromatic nitrogens is 2. The third-order valence-corrected chi connectivity index (χ3v) is 6.73. The van der Waals surface area contributed by atoms with Crippen molar-refractivity contribution in [1.82, 2.24) is 20.0 Å². The van der Waals surface area contributed by atoms with Crippen LogP contribution in [0.4, 0.5) is 4.39 Å². The molecular weight excluding hydrogens is 439 g/mol. The zero-order valence-electron chi connectivity index (χ0n) is 18.7. The van der Waals surface area contributed by atoms with Gasteiger partial charge in [-0.05, 0) is 53.9 Å². The van der Waals surface area contributed by atoms with Crippen LogP contribution in [0.3, 0.4) is 0 Å².